The summed E-state index contributed by atoms with van der Waals surface area (Å²) in [7, 11) is 0. The van der Waals surface area contributed by atoms with Crippen molar-refractivity contribution in [2.24, 2.45) is 0 Å². The highest BCUT2D eigenvalue weighted by molar-refractivity contribution is 5.73. The van der Waals surface area contributed by atoms with Gasteiger partial charge in [0.15, 0.2) is 0 Å². The number of carbonyl (C=O) groups excluding carboxylic acids is 1. The molecule has 0 atom stereocenters. The van der Waals surface area contributed by atoms with Crippen LogP contribution in [0.5, 0.6) is 0 Å². The number of carbonyl (C=O) groups is 1. The van der Waals surface area contributed by atoms with E-state index in [1.54, 1.807) is 4.90 Å². The summed E-state index contributed by atoms with van der Waals surface area (Å²) in [5, 5.41) is 0. The number of rotatable bonds is 0. The summed E-state index contributed by atoms with van der Waals surface area (Å²) >= 11 is 0. The van der Waals surface area contributed by atoms with Gasteiger partial charge in [0.25, 0.3) is 0 Å². The molecule has 1 rings (SSSR count). The maximum atomic E-state index is 12.5. The standard InChI is InChI=1S/C7H12FNO/c1-6(10)9-4-2-7(8)3-5-9/h7H,2-5H2,1H3. The minimum atomic E-state index is -0.685. The highest BCUT2D eigenvalue weighted by atomic mass is 19.1. The summed E-state index contributed by atoms with van der Waals surface area (Å²) in [5.74, 6) is 0.0619. The molecule has 0 bridgehead atoms. The molecule has 0 unspecified atom stereocenters. The van der Waals surface area contributed by atoms with Gasteiger partial charge in [-0.05, 0) is 12.8 Å². The lowest BCUT2D eigenvalue weighted by molar-refractivity contribution is -0.130. The Morgan fingerprint density at radius 3 is 2.40 bits per heavy atom. The van der Waals surface area contributed by atoms with E-state index in [0.717, 1.165) is 0 Å². The van der Waals surface area contributed by atoms with Crippen molar-refractivity contribution in [3.8, 4) is 0 Å². The molecule has 0 N–H and O–H groups in total. The zero-order valence-corrected chi connectivity index (χ0v) is 6.14. The summed E-state index contributed by atoms with van der Waals surface area (Å²) < 4.78 is 12.5. The average Bonchev–Trinajstić information content (AvgIpc) is 1.88. The fourth-order valence-corrected chi connectivity index (χ4v) is 1.16. The minimum Gasteiger partial charge on any atom is -0.343 e. The Morgan fingerprint density at radius 2 is 2.00 bits per heavy atom. The quantitative estimate of drug-likeness (QED) is 0.497. The number of hydrogen-bond donors (Lipinski definition) is 0. The average molecular weight is 145 g/mol. The van der Waals surface area contributed by atoms with E-state index in [4.69, 9.17) is 0 Å². The van der Waals surface area contributed by atoms with Crippen LogP contribution >= 0.6 is 0 Å². The maximum Gasteiger partial charge on any atom is 0.219 e. The van der Waals surface area contributed by atoms with E-state index in [1.165, 1.54) is 6.92 Å². The Morgan fingerprint density at radius 1 is 1.50 bits per heavy atom. The SMILES string of the molecule is CC(=O)N1CCC(F)CC1. The fraction of sp³-hybridized carbons (Fsp3) is 0.857. The number of likely N-dealkylation sites (tertiary alicyclic amines) is 1. The zero-order valence-electron chi connectivity index (χ0n) is 6.14. The number of piperidine rings is 1. The van der Waals surface area contributed by atoms with Gasteiger partial charge in [0.05, 0.1) is 0 Å². The lowest BCUT2D eigenvalue weighted by atomic mass is 10.1. The summed E-state index contributed by atoms with van der Waals surface area (Å²) in [4.78, 5) is 12.4. The number of halogens is 1. The topological polar surface area (TPSA) is 20.3 Å². The Bertz CT molecular complexity index is 130. The molecule has 1 heterocycles. The van der Waals surface area contributed by atoms with E-state index in [1.807, 2.05) is 0 Å². The molecule has 1 aliphatic rings. The molecule has 10 heavy (non-hydrogen) atoms. The van der Waals surface area contributed by atoms with Gasteiger partial charge in [0.1, 0.15) is 6.17 Å². The summed E-state index contributed by atoms with van der Waals surface area (Å²) in [6.45, 7) is 2.71. The lowest BCUT2D eigenvalue weighted by Crippen LogP contribution is -2.37. The third-order valence-corrected chi connectivity index (χ3v) is 1.87. The molecule has 0 aliphatic carbocycles. The maximum absolute atomic E-state index is 12.5. The molecule has 2 nitrogen and oxygen atoms in total. The Hall–Kier alpha value is -0.600. The molecule has 1 fully saturated rings. The first kappa shape index (κ1) is 7.51. The van der Waals surface area contributed by atoms with Gasteiger partial charge in [-0.3, -0.25) is 4.79 Å². The van der Waals surface area contributed by atoms with Crippen LogP contribution in [0.25, 0.3) is 0 Å². The van der Waals surface area contributed by atoms with Crippen molar-refractivity contribution in [2.75, 3.05) is 13.1 Å². The highest BCUT2D eigenvalue weighted by Gasteiger charge is 2.19. The second-order valence-corrected chi connectivity index (χ2v) is 2.68. The Labute approximate surface area is 60.0 Å². The van der Waals surface area contributed by atoms with Crippen LogP contribution in [0.3, 0.4) is 0 Å². The van der Waals surface area contributed by atoms with Gasteiger partial charge in [-0.2, -0.15) is 0 Å². The number of amides is 1. The molecule has 1 amide bonds. The summed E-state index contributed by atoms with van der Waals surface area (Å²) in [6.07, 6.45) is 0.342. The van der Waals surface area contributed by atoms with Gasteiger partial charge in [-0.25, -0.2) is 4.39 Å². The summed E-state index contributed by atoms with van der Waals surface area (Å²) in [6, 6.07) is 0. The van der Waals surface area contributed by atoms with Crippen LogP contribution < -0.4 is 0 Å². The number of alkyl halides is 1. The van der Waals surface area contributed by atoms with Gasteiger partial charge < -0.3 is 4.90 Å². The molecule has 0 radical (unpaired) electrons. The summed E-state index contributed by atoms with van der Waals surface area (Å²) in [5.41, 5.74) is 0. The zero-order chi connectivity index (χ0) is 7.56. The van der Waals surface area contributed by atoms with Crippen molar-refractivity contribution in [2.45, 2.75) is 25.9 Å². The van der Waals surface area contributed by atoms with Gasteiger partial charge in [0, 0.05) is 20.0 Å². The molecule has 0 saturated carbocycles. The second kappa shape index (κ2) is 2.99. The van der Waals surface area contributed by atoms with Crippen LogP contribution in [-0.4, -0.2) is 30.1 Å². The van der Waals surface area contributed by atoms with Crippen molar-refractivity contribution < 1.29 is 9.18 Å². The van der Waals surface area contributed by atoms with Crippen molar-refractivity contribution in [3.63, 3.8) is 0 Å². The minimum absolute atomic E-state index is 0.0619. The van der Waals surface area contributed by atoms with E-state index in [2.05, 4.69) is 0 Å². The van der Waals surface area contributed by atoms with E-state index in [9.17, 15) is 9.18 Å². The van der Waals surface area contributed by atoms with Gasteiger partial charge in [-0.15, -0.1) is 0 Å². The van der Waals surface area contributed by atoms with Crippen LogP contribution in [0, 0.1) is 0 Å². The van der Waals surface area contributed by atoms with Crippen LogP contribution in [0.4, 0.5) is 4.39 Å². The predicted octanol–water partition coefficient (Wildman–Crippen LogP) is 0.967. The van der Waals surface area contributed by atoms with Crippen molar-refractivity contribution in [1.82, 2.24) is 4.90 Å². The largest absolute Gasteiger partial charge is 0.343 e. The third-order valence-electron chi connectivity index (χ3n) is 1.87. The molecule has 1 aliphatic heterocycles. The second-order valence-electron chi connectivity index (χ2n) is 2.68. The molecule has 0 aromatic heterocycles. The number of nitrogens with zero attached hydrogens (tertiary/aromatic N) is 1. The highest BCUT2D eigenvalue weighted by Crippen LogP contribution is 2.12. The molecule has 0 aromatic carbocycles. The Balaban J connectivity index is 2.33. The smallest absolute Gasteiger partial charge is 0.219 e. The van der Waals surface area contributed by atoms with Crippen LogP contribution in [0.15, 0.2) is 0 Å². The molecular formula is C7H12FNO. The Kier molecular flexibility index (Phi) is 2.25. The molecule has 58 valence electrons. The monoisotopic (exact) mass is 145 g/mol. The van der Waals surface area contributed by atoms with E-state index >= 15 is 0 Å². The molecule has 0 spiro atoms. The normalized spacial score (nSPS) is 21.2. The van der Waals surface area contributed by atoms with Crippen LogP contribution in [0.2, 0.25) is 0 Å². The third kappa shape index (κ3) is 1.69. The van der Waals surface area contributed by atoms with E-state index in [0.29, 0.717) is 25.9 Å². The number of hydrogen-bond acceptors (Lipinski definition) is 1. The molecule has 1 saturated heterocycles. The van der Waals surface area contributed by atoms with Crippen molar-refractivity contribution >= 4 is 5.91 Å². The van der Waals surface area contributed by atoms with Crippen molar-refractivity contribution in [1.29, 1.82) is 0 Å². The lowest BCUT2D eigenvalue weighted by Gasteiger charge is -2.27. The predicted molar refractivity (Wildman–Crippen MR) is 36.4 cm³/mol. The van der Waals surface area contributed by atoms with E-state index < -0.39 is 6.17 Å². The van der Waals surface area contributed by atoms with Crippen LogP contribution in [0.1, 0.15) is 19.8 Å². The first-order valence-corrected chi connectivity index (χ1v) is 3.59. The fourth-order valence-electron chi connectivity index (χ4n) is 1.16. The first-order valence-electron chi connectivity index (χ1n) is 3.59. The van der Waals surface area contributed by atoms with Gasteiger partial charge in [0.2, 0.25) is 5.91 Å². The van der Waals surface area contributed by atoms with Gasteiger partial charge in [-0.1, -0.05) is 0 Å². The van der Waals surface area contributed by atoms with Gasteiger partial charge >= 0.3 is 0 Å². The van der Waals surface area contributed by atoms with Crippen molar-refractivity contribution in [3.05, 3.63) is 0 Å². The van der Waals surface area contributed by atoms with E-state index in [-0.39, 0.29) is 5.91 Å². The molecule has 0 aromatic rings. The molecule has 3 heteroatoms. The first-order chi connectivity index (χ1) is 4.70. The van der Waals surface area contributed by atoms with Crippen LogP contribution in [-0.2, 0) is 4.79 Å². The molecular weight excluding hydrogens is 133 g/mol.